The summed E-state index contributed by atoms with van der Waals surface area (Å²) in [4.78, 5) is 13.9. The van der Waals surface area contributed by atoms with Crippen LogP contribution in [-0.2, 0) is 5.41 Å². The third-order valence-corrected chi connectivity index (χ3v) is 11.2. The number of nitrogens with zero attached hydrogens (tertiary/aromatic N) is 2. The van der Waals surface area contributed by atoms with Gasteiger partial charge >= 0.3 is 5.82 Å². The fraction of sp³-hybridized carbons (Fsp3) is 0.133. The molecule has 0 amide bonds. The van der Waals surface area contributed by atoms with E-state index in [4.69, 9.17) is 19.1 Å². The summed E-state index contributed by atoms with van der Waals surface area (Å²) in [6.45, 7) is 6.85. The number of aryl methyl sites for hydroxylation is 1. The number of H-pyrrole nitrogens is 1. The Labute approximate surface area is 290 Å². The first-order valence-electron chi connectivity index (χ1n) is 17.3. The molecule has 0 saturated heterocycles. The van der Waals surface area contributed by atoms with Gasteiger partial charge in [-0.05, 0) is 84.0 Å². The van der Waals surface area contributed by atoms with Crippen LogP contribution < -0.4 is 9.72 Å². The molecular formula is C45H34N3O2+. The van der Waals surface area contributed by atoms with Crippen molar-refractivity contribution in [2.24, 2.45) is 11.8 Å². The number of ether oxygens (including phenoxy) is 1. The number of hydrogen-bond acceptors (Lipinski definition) is 4. The summed E-state index contributed by atoms with van der Waals surface area (Å²) in [5.41, 5.74) is 10.4. The van der Waals surface area contributed by atoms with Crippen molar-refractivity contribution in [3.63, 3.8) is 0 Å². The normalized spacial score (nSPS) is 18.9. The van der Waals surface area contributed by atoms with Gasteiger partial charge in [-0.2, -0.15) is 0 Å². The predicted octanol–water partition coefficient (Wildman–Crippen LogP) is 10.8. The lowest BCUT2D eigenvalue weighted by molar-refractivity contribution is -0.359. The maximum absolute atomic E-state index is 6.80. The molecule has 1 fully saturated rings. The van der Waals surface area contributed by atoms with E-state index < -0.39 is 0 Å². The maximum Gasteiger partial charge on any atom is 0.308 e. The van der Waals surface area contributed by atoms with Crippen LogP contribution in [0.3, 0.4) is 0 Å². The molecule has 1 aliphatic heterocycles. The maximum atomic E-state index is 6.80. The van der Waals surface area contributed by atoms with Crippen LogP contribution in [0.25, 0.3) is 67.2 Å². The van der Waals surface area contributed by atoms with Crippen molar-refractivity contribution in [1.82, 2.24) is 9.97 Å². The van der Waals surface area contributed by atoms with Crippen LogP contribution in [0.5, 0.6) is 11.5 Å². The molecular weight excluding hydrogens is 615 g/mol. The van der Waals surface area contributed by atoms with Gasteiger partial charge < -0.3 is 9.15 Å². The Bertz CT molecular complexity index is 2620. The first kappa shape index (κ1) is 28.9. The van der Waals surface area contributed by atoms with Gasteiger partial charge in [-0.1, -0.05) is 109 Å². The average molecular weight is 649 g/mol. The van der Waals surface area contributed by atoms with Crippen LogP contribution in [0.4, 0.5) is 0 Å². The fourth-order valence-electron chi connectivity index (χ4n) is 8.42. The molecule has 6 aromatic carbocycles. The molecule has 1 aliphatic carbocycles. The lowest BCUT2D eigenvalue weighted by atomic mass is 9.80. The molecule has 50 heavy (non-hydrogen) atoms. The van der Waals surface area contributed by atoms with Gasteiger partial charge in [-0.3, -0.25) is 0 Å². The van der Waals surface area contributed by atoms with Crippen LogP contribution in [-0.4, -0.2) is 9.97 Å². The quantitative estimate of drug-likeness (QED) is 0.191. The van der Waals surface area contributed by atoms with Gasteiger partial charge in [0.15, 0.2) is 11.3 Å². The van der Waals surface area contributed by atoms with E-state index in [1.807, 2.05) is 36.4 Å². The van der Waals surface area contributed by atoms with Crippen molar-refractivity contribution >= 4 is 21.9 Å². The van der Waals surface area contributed by atoms with Gasteiger partial charge in [-0.15, -0.1) is 0 Å². The van der Waals surface area contributed by atoms with Gasteiger partial charge in [0.05, 0.1) is 16.7 Å². The van der Waals surface area contributed by atoms with E-state index in [0.717, 1.165) is 67.3 Å². The van der Waals surface area contributed by atoms with Crippen molar-refractivity contribution in [2.45, 2.75) is 26.2 Å². The Morgan fingerprint density at radius 3 is 2.06 bits per heavy atom. The first-order valence-corrected chi connectivity index (χ1v) is 17.3. The fourth-order valence-corrected chi connectivity index (χ4v) is 8.42. The number of rotatable bonds is 4. The Morgan fingerprint density at radius 1 is 0.600 bits per heavy atom. The molecule has 2 aliphatic rings. The molecule has 1 spiro atoms. The van der Waals surface area contributed by atoms with Crippen molar-refractivity contribution in [1.29, 1.82) is 0 Å². The van der Waals surface area contributed by atoms with E-state index in [-0.39, 0.29) is 5.41 Å². The summed E-state index contributed by atoms with van der Waals surface area (Å²) in [6.07, 6.45) is 0. The molecule has 1 saturated carbocycles. The van der Waals surface area contributed by atoms with Gasteiger partial charge in [0.2, 0.25) is 0 Å². The minimum atomic E-state index is -0.186. The second-order valence-corrected chi connectivity index (χ2v) is 13.8. The smallest absolute Gasteiger partial charge is 0.308 e. The second-order valence-electron chi connectivity index (χ2n) is 13.8. The second kappa shape index (κ2) is 10.7. The monoisotopic (exact) mass is 648 g/mol. The SMILES string of the molecule is Cc1cc(-c2ccccc2)ccc1-c1nc(-c2ccccc2)nc(-c2ccc3c(c2)C2(c4ccc5c(oc6ccccc65)c4O3)C(C)[C@@H]2C)[nH+]1. The van der Waals surface area contributed by atoms with E-state index in [9.17, 15) is 0 Å². The number of benzene rings is 6. The zero-order valence-electron chi connectivity index (χ0n) is 28.1. The third-order valence-electron chi connectivity index (χ3n) is 11.2. The summed E-state index contributed by atoms with van der Waals surface area (Å²) >= 11 is 0. The summed E-state index contributed by atoms with van der Waals surface area (Å²) in [7, 11) is 0. The Morgan fingerprint density at radius 2 is 1.30 bits per heavy atom. The minimum absolute atomic E-state index is 0.186. The molecule has 240 valence electrons. The van der Waals surface area contributed by atoms with Gasteiger partial charge in [-0.25, -0.2) is 4.98 Å². The average Bonchev–Trinajstić information content (AvgIpc) is 3.48. The van der Waals surface area contributed by atoms with Gasteiger partial charge in [0.1, 0.15) is 11.3 Å². The van der Waals surface area contributed by atoms with Crippen LogP contribution in [0.15, 0.2) is 138 Å². The molecule has 1 N–H and O–H groups in total. The van der Waals surface area contributed by atoms with Crippen LogP contribution in [0, 0.1) is 18.8 Å². The predicted molar refractivity (Wildman–Crippen MR) is 198 cm³/mol. The summed E-state index contributed by atoms with van der Waals surface area (Å²) in [5.74, 6) is 4.78. The first-order chi connectivity index (χ1) is 24.5. The molecule has 3 atom stereocenters. The minimum Gasteiger partial charge on any atom is -0.453 e. The largest absolute Gasteiger partial charge is 0.453 e. The lowest BCUT2D eigenvalue weighted by Gasteiger charge is -2.30. The van der Waals surface area contributed by atoms with Crippen LogP contribution in [0.1, 0.15) is 30.5 Å². The van der Waals surface area contributed by atoms with Crippen molar-refractivity contribution < 1.29 is 14.1 Å². The standard InChI is InChI=1S/C45H33N3O2/c1-26-24-31(29-12-6-4-7-13-29)18-20-33(26)44-47-42(30-14-8-5-9-15-30)46-43(48-44)32-19-23-39-37(25-32)45(27(2)28(45)3)36-22-21-35-34-16-10-11-17-38(34)49-40(35)41(36)50-39/h4-25,27-28H,1-3H3/p+1/t27-,28?,45?/m0/s1. The lowest BCUT2D eigenvalue weighted by Crippen LogP contribution is -2.21. The number of fused-ring (bicyclic) bond motifs is 8. The zero-order valence-corrected chi connectivity index (χ0v) is 28.1. The highest BCUT2D eigenvalue weighted by atomic mass is 16.5. The van der Waals surface area contributed by atoms with Crippen LogP contribution in [0.2, 0.25) is 0 Å². The highest BCUT2D eigenvalue weighted by Crippen LogP contribution is 2.70. The summed E-state index contributed by atoms with van der Waals surface area (Å²) in [6, 6.07) is 46.4. The van der Waals surface area contributed by atoms with E-state index in [1.165, 1.54) is 22.3 Å². The van der Waals surface area contributed by atoms with E-state index >= 15 is 0 Å². The van der Waals surface area contributed by atoms with E-state index in [0.29, 0.717) is 17.7 Å². The molecule has 2 unspecified atom stereocenters. The Kier molecular flexibility index (Phi) is 6.19. The number of hydrogen-bond donors (Lipinski definition) is 0. The molecule has 0 radical (unpaired) electrons. The van der Waals surface area contributed by atoms with Crippen molar-refractivity contribution in [2.75, 3.05) is 0 Å². The van der Waals surface area contributed by atoms with Crippen molar-refractivity contribution in [3.05, 3.63) is 150 Å². The molecule has 0 bridgehead atoms. The highest BCUT2D eigenvalue weighted by molar-refractivity contribution is 6.07. The molecule has 10 rings (SSSR count). The summed E-state index contributed by atoms with van der Waals surface area (Å²) in [5, 5.41) is 2.19. The highest BCUT2D eigenvalue weighted by Gasteiger charge is 2.65. The molecule has 3 heterocycles. The van der Waals surface area contributed by atoms with Gasteiger partial charge in [0, 0.05) is 27.3 Å². The molecule has 5 heteroatoms. The third kappa shape index (κ3) is 4.16. The molecule has 8 aromatic rings. The number of para-hydroxylation sites is 1. The number of furan rings is 1. The van der Waals surface area contributed by atoms with Gasteiger partial charge in [0.25, 0.3) is 11.6 Å². The molecule has 5 nitrogen and oxygen atoms in total. The zero-order chi connectivity index (χ0) is 33.6. The number of nitrogens with one attached hydrogen (secondary N) is 1. The Hall–Kier alpha value is -6.07. The van der Waals surface area contributed by atoms with E-state index in [2.05, 4.69) is 123 Å². The number of aromatic amines is 1. The van der Waals surface area contributed by atoms with Crippen molar-refractivity contribution in [3.8, 4) is 56.8 Å². The van der Waals surface area contributed by atoms with E-state index in [1.54, 1.807) is 0 Å². The number of aromatic nitrogens is 3. The Balaban J connectivity index is 1.12. The van der Waals surface area contributed by atoms with Crippen LogP contribution >= 0.6 is 0 Å². The molecule has 2 aromatic heterocycles. The topological polar surface area (TPSA) is 62.3 Å². The summed E-state index contributed by atoms with van der Waals surface area (Å²) < 4.78 is 13.3.